The maximum Gasteiger partial charge on any atom is 0.131 e. The molecule has 1 aliphatic rings. The zero-order chi connectivity index (χ0) is 14.2. The normalized spacial score (nSPS) is 19.9. The van der Waals surface area contributed by atoms with Gasteiger partial charge < -0.3 is 5.11 Å². The largest absolute Gasteiger partial charge is 0.388 e. The van der Waals surface area contributed by atoms with Crippen molar-refractivity contribution >= 4 is 10.8 Å². The van der Waals surface area contributed by atoms with Crippen LogP contribution in [0.25, 0.3) is 10.8 Å². The predicted octanol–water partition coefficient (Wildman–Crippen LogP) is 4.98. The van der Waals surface area contributed by atoms with Crippen molar-refractivity contribution in [1.82, 2.24) is 0 Å². The molecule has 0 aromatic heterocycles. The first-order chi connectivity index (χ1) is 9.62. The van der Waals surface area contributed by atoms with Crippen molar-refractivity contribution in [3.8, 4) is 0 Å². The second-order valence-electron chi connectivity index (χ2n) is 6.30. The lowest BCUT2D eigenvalue weighted by Gasteiger charge is -2.38. The maximum absolute atomic E-state index is 13.9. The second-order valence-corrected chi connectivity index (χ2v) is 6.30. The first-order valence-electron chi connectivity index (χ1n) is 7.47. The highest BCUT2D eigenvalue weighted by Gasteiger charge is 2.36. The molecule has 0 aliphatic heterocycles. The summed E-state index contributed by atoms with van der Waals surface area (Å²) in [7, 11) is 0. The Labute approximate surface area is 119 Å². The van der Waals surface area contributed by atoms with Crippen molar-refractivity contribution in [2.24, 2.45) is 5.41 Å². The van der Waals surface area contributed by atoms with Crippen molar-refractivity contribution < 1.29 is 9.50 Å². The molecule has 2 aromatic carbocycles. The van der Waals surface area contributed by atoms with E-state index >= 15 is 0 Å². The van der Waals surface area contributed by atoms with E-state index in [1.807, 2.05) is 18.2 Å². The number of hydrogen-bond donors (Lipinski definition) is 1. The van der Waals surface area contributed by atoms with Crippen LogP contribution in [0.2, 0.25) is 0 Å². The summed E-state index contributed by atoms with van der Waals surface area (Å²) in [6.07, 6.45) is 5.17. The summed E-state index contributed by atoms with van der Waals surface area (Å²) in [4.78, 5) is 0. The summed E-state index contributed by atoms with van der Waals surface area (Å²) in [5, 5.41) is 12.3. The molecule has 0 heterocycles. The average Bonchev–Trinajstić information content (AvgIpc) is 2.48. The maximum atomic E-state index is 13.9. The number of aliphatic hydroxyl groups is 1. The molecule has 1 aliphatic carbocycles. The SMILES string of the molecule is CC1(C(O)c2ccc(F)c3ccccc23)CCCCC1. The molecule has 1 nitrogen and oxygen atoms in total. The zero-order valence-corrected chi connectivity index (χ0v) is 11.9. The van der Waals surface area contributed by atoms with Crippen molar-refractivity contribution in [3.05, 3.63) is 47.8 Å². The molecule has 0 saturated heterocycles. The summed E-state index contributed by atoms with van der Waals surface area (Å²) in [5.74, 6) is -0.217. The summed E-state index contributed by atoms with van der Waals surface area (Å²) in [6.45, 7) is 2.16. The van der Waals surface area contributed by atoms with Crippen LogP contribution in [0.15, 0.2) is 36.4 Å². The van der Waals surface area contributed by atoms with Gasteiger partial charge in [-0.05, 0) is 35.3 Å². The third-order valence-corrected chi connectivity index (χ3v) is 4.86. The lowest BCUT2D eigenvalue weighted by molar-refractivity contribution is 0.00917. The van der Waals surface area contributed by atoms with E-state index in [9.17, 15) is 9.50 Å². The molecular weight excluding hydrogens is 251 g/mol. The van der Waals surface area contributed by atoms with Gasteiger partial charge in [0, 0.05) is 5.39 Å². The summed E-state index contributed by atoms with van der Waals surface area (Å²) < 4.78 is 13.9. The Balaban J connectivity index is 2.08. The Bertz CT molecular complexity index is 614. The van der Waals surface area contributed by atoms with Crippen LogP contribution < -0.4 is 0 Å². The van der Waals surface area contributed by atoms with Gasteiger partial charge in [-0.15, -0.1) is 0 Å². The van der Waals surface area contributed by atoms with Gasteiger partial charge in [0.2, 0.25) is 0 Å². The lowest BCUT2D eigenvalue weighted by Crippen LogP contribution is -2.28. The third kappa shape index (κ3) is 2.22. The Hall–Kier alpha value is -1.41. The number of halogens is 1. The number of benzene rings is 2. The van der Waals surface area contributed by atoms with Crippen molar-refractivity contribution in [3.63, 3.8) is 0 Å². The van der Waals surface area contributed by atoms with Crippen molar-refractivity contribution in [2.75, 3.05) is 0 Å². The number of aliphatic hydroxyl groups excluding tert-OH is 1. The van der Waals surface area contributed by atoms with Gasteiger partial charge in [-0.2, -0.15) is 0 Å². The molecule has 20 heavy (non-hydrogen) atoms. The van der Waals surface area contributed by atoms with Gasteiger partial charge in [0.25, 0.3) is 0 Å². The van der Waals surface area contributed by atoms with Gasteiger partial charge in [-0.25, -0.2) is 4.39 Å². The fourth-order valence-corrected chi connectivity index (χ4v) is 3.53. The molecule has 0 amide bonds. The van der Waals surface area contributed by atoms with Crippen LogP contribution in [0, 0.1) is 11.2 Å². The van der Waals surface area contributed by atoms with E-state index in [2.05, 4.69) is 6.92 Å². The van der Waals surface area contributed by atoms with Gasteiger partial charge in [-0.3, -0.25) is 0 Å². The molecule has 0 spiro atoms. The average molecular weight is 272 g/mol. The molecular formula is C18H21FO. The fraction of sp³-hybridized carbons (Fsp3) is 0.444. The Morgan fingerprint density at radius 3 is 2.35 bits per heavy atom. The summed E-state index contributed by atoms with van der Waals surface area (Å²) in [6, 6.07) is 10.7. The molecule has 1 fully saturated rings. The third-order valence-electron chi connectivity index (χ3n) is 4.86. The number of hydrogen-bond acceptors (Lipinski definition) is 1. The van der Waals surface area contributed by atoms with E-state index in [0.29, 0.717) is 5.39 Å². The van der Waals surface area contributed by atoms with Crippen LogP contribution in [0.5, 0.6) is 0 Å². The Kier molecular flexibility index (Phi) is 3.51. The van der Waals surface area contributed by atoms with E-state index in [1.165, 1.54) is 25.3 Å². The topological polar surface area (TPSA) is 20.2 Å². The monoisotopic (exact) mass is 272 g/mol. The van der Waals surface area contributed by atoms with Crippen LogP contribution in [-0.2, 0) is 0 Å². The first kappa shape index (κ1) is 13.6. The van der Waals surface area contributed by atoms with Crippen molar-refractivity contribution in [2.45, 2.75) is 45.1 Å². The molecule has 2 aromatic rings. The van der Waals surface area contributed by atoms with Crippen molar-refractivity contribution in [1.29, 1.82) is 0 Å². The molecule has 1 atom stereocenters. The number of rotatable bonds is 2. The van der Waals surface area contributed by atoms with Crippen LogP contribution in [0.4, 0.5) is 4.39 Å². The van der Waals surface area contributed by atoms with Gasteiger partial charge >= 0.3 is 0 Å². The molecule has 3 rings (SSSR count). The highest BCUT2D eigenvalue weighted by atomic mass is 19.1. The standard InChI is InChI=1S/C18H21FO/c1-18(11-5-2-6-12-18)17(20)15-9-10-16(19)14-8-4-3-7-13(14)15/h3-4,7-10,17,20H,2,5-6,11-12H2,1H3. The second kappa shape index (κ2) is 5.17. The van der Waals surface area contributed by atoms with Crippen LogP contribution in [0.3, 0.4) is 0 Å². The van der Waals surface area contributed by atoms with Gasteiger partial charge in [0.15, 0.2) is 0 Å². The minimum absolute atomic E-state index is 0.0845. The molecule has 1 saturated carbocycles. The van der Waals surface area contributed by atoms with E-state index in [-0.39, 0.29) is 11.2 Å². The molecule has 2 heteroatoms. The van der Waals surface area contributed by atoms with Gasteiger partial charge in [0.05, 0.1) is 6.10 Å². The predicted molar refractivity (Wildman–Crippen MR) is 80.1 cm³/mol. The summed E-state index contributed by atoms with van der Waals surface area (Å²) in [5.41, 5.74) is 0.783. The summed E-state index contributed by atoms with van der Waals surface area (Å²) >= 11 is 0. The lowest BCUT2D eigenvalue weighted by atomic mass is 9.69. The minimum Gasteiger partial charge on any atom is -0.388 e. The highest BCUT2D eigenvalue weighted by molar-refractivity contribution is 5.86. The van der Waals surface area contributed by atoms with E-state index < -0.39 is 6.10 Å². The smallest absolute Gasteiger partial charge is 0.131 e. The molecule has 1 N–H and O–H groups in total. The van der Waals surface area contributed by atoms with Gasteiger partial charge in [0.1, 0.15) is 5.82 Å². The fourth-order valence-electron chi connectivity index (χ4n) is 3.53. The van der Waals surface area contributed by atoms with Crippen LogP contribution in [0.1, 0.15) is 50.7 Å². The Morgan fingerprint density at radius 2 is 1.65 bits per heavy atom. The van der Waals surface area contributed by atoms with Crippen LogP contribution >= 0.6 is 0 Å². The number of fused-ring (bicyclic) bond motifs is 1. The minimum atomic E-state index is -0.520. The zero-order valence-electron chi connectivity index (χ0n) is 11.9. The molecule has 1 unspecified atom stereocenters. The van der Waals surface area contributed by atoms with Gasteiger partial charge in [-0.1, -0.05) is 56.5 Å². The van der Waals surface area contributed by atoms with E-state index in [0.717, 1.165) is 23.8 Å². The first-order valence-corrected chi connectivity index (χ1v) is 7.47. The highest BCUT2D eigenvalue weighted by Crippen LogP contribution is 2.47. The van der Waals surface area contributed by atoms with E-state index in [1.54, 1.807) is 12.1 Å². The quantitative estimate of drug-likeness (QED) is 0.817. The Morgan fingerprint density at radius 1 is 1.00 bits per heavy atom. The van der Waals surface area contributed by atoms with Crippen LogP contribution in [-0.4, -0.2) is 5.11 Å². The molecule has 106 valence electrons. The molecule has 0 bridgehead atoms. The molecule has 0 radical (unpaired) electrons. The van der Waals surface area contributed by atoms with E-state index in [4.69, 9.17) is 0 Å².